The molecule has 2 aromatic rings. The number of nitrogens with one attached hydrogen (secondary N) is 1. The molecule has 1 heterocycles. The summed E-state index contributed by atoms with van der Waals surface area (Å²) in [6.07, 6.45) is 1.28. The zero-order valence-corrected chi connectivity index (χ0v) is 10.8. The van der Waals surface area contributed by atoms with Gasteiger partial charge in [-0.1, -0.05) is 37.3 Å². The zero-order chi connectivity index (χ0) is 11.7. The second-order valence-corrected chi connectivity index (χ2v) is 6.16. The molecule has 1 nitrogen and oxygen atoms in total. The van der Waals surface area contributed by atoms with Gasteiger partial charge in [0, 0.05) is 17.0 Å². The SMILES string of the molecule is CC1SCCC1Nc1ccc2ccccc2c1. The number of hydrogen-bond acceptors (Lipinski definition) is 2. The highest BCUT2D eigenvalue weighted by molar-refractivity contribution is 8.00. The highest BCUT2D eigenvalue weighted by Gasteiger charge is 2.23. The van der Waals surface area contributed by atoms with Crippen LogP contribution in [0.4, 0.5) is 5.69 Å². The molecule has 1 fully saturated rings. The van der Waals surface area contributed by atoms with E-state index in [0.717, 1.165) is 5.25 Å². The molecule has 88 valence electrons. The van der Waals surface area contributed by atoms with Gasteiger partial charge in [-0.15, -0.1) is 0 Å². The van der Waals surface area contributed by atoms with Crippen molar-refractivity contribution in [2.24, 2.45) is 0 Å². The van der Waals surface area contributed by atoms with Crippen molar-refractivity contribution in [1.29, 1.82) is 0 Å². The maximum absolute atomic E-state index is 3.66. The van der Waals surface area contributed by atoms with Crippen molar-refractivity contribution in [3.05, 3.63) is 42.5 Å². The van der Waals surface area contributed by atoms with Gasteiger partial charge in [-0.3, -0.25) is 0 Å². The van der Waals surface area contributed by atoms with Crippen LogP contribution >= 0.6 is 11.8 Å². The van der Waals surface area contributed by atoms with Crippen LogP contribution in [0.3, 0.4) is 0 Å². The van der Waals surface area contributed by atoms with E-state index in [4.69, 9.17) is 0 Å². The van der Waals surface area contributed by atoms with Gasteiger partial charge in [-0.25, -0.2) is 0 Å². The summed E-state index contributed by atoms with van der Waals surface area (Å²) in [6.45, 7) is 2.32. The summed E-state index contributed by atoms with van der Waals surface area (Å²) < 4.78 is 0. The lowest BCUT2D eigenvalue weighted by molar-refractivity contribution is 0.724. The molecule has 0 radical (unpaired) electrons. The molecule has 0 bridgehead atoms. The molecule has 0 saturated carbocycles. The summed E-state index contributed by atoms with van der Waals surface area (Å²) in [7, 11) is 0. The van der Waals surface area contributed by atoms with E-state index < -0.39 is 0 Å². The maximum Gasteiger partial charge on any atom is 0.0385 e. The van der Waals surface area contributed by atoms with Crippen LogP contribution in [-0.2, 0) is 0 Å². The topological polar surface area (TPSA) is 12.0 Å². The van der Waals surface area contributed by atoms with E-state index >= 15 is 0 Å². The van der Waals surface area contributed by atoms with Crippen LogP contribution in [0.5, 0.6) is 0 Å². The summed E-state index contributed by atoms with van der Waals surface area (Å²) in [5.74, 6) is 1.28. The third-order valence-corrected chi connectivity index (χ3v) is 4.80. The fourth-order valence-electron chi connectivity index (χ4n) is 2.41. The predicted octanol–water partition coefficient (Wildman–Crippen LogP) is 4.15. The summed E-state index contributed by atoms with van der Waals surface area (Å²) in [5.41, 5.74) is 1.25. The lowest BCUT2D eigenvalue weighted by Crippen LogP contribution is -2.24. The van der Waals surface area contributed by atoms with Crippen LogP contribution in [-0.4, -0.2) is 17.0 Å². The Balaban J connectivity index is 1.85. The quantitative estimate of drug-likeness (QED) is 0.850. The van der Waals surface area contributed by atoms with Crippen LogP contribution in [0.15, 0.2) is 42.5 Å². The van der Waals surface area contributed by atoms with E-state index in [2.05, 4.69) is 66.5 Å². The minimum Gasteiger partial charge on any atom is -0.381 e. The fraction of sp³-hybridized carbons (Fsp3) is 0.333. The lowest BCUT2D eigenvalue weighted by atomic mass is 10.1. The fourth-order valence-corrected chi connectivity index (χ4v) is 3.61. The molecule has 2 unspecified atom stereocenters. The molecule has 1 saturated heterocycles. The van der Waals surface area contributed by atoms with Gasteiger partial charge in [0.1, 0.15) is 0 Å². The molecule has 2 atom stereocenters. The lowest BCUT2D eigenvalue weighted by Gasteiger charge is -2.18. The van der Waals surface area contributed by atoms with Crippen LogP contribution in [0, 0.1) is 0 Å². The average Bonchev–Trinajstić information content (AvgIpc) is 2.75. The van der Waals surface area contributed by atoms with Gasteiger partial charge in [-0.2, -0.15) is 11.8 Å². The molecule has 0 spiro atoms. The zero-order valence-electron chi connectivity index (χ0n) is 10.0. The van der Waals surface area contributed by atoms with E-state index in [1.807, 2.05) is 0 Å². The molecule has 3 rings (SSSR count). The van der Waals surface area contributed by atoms with Gasteiger partial charge >= 0.3 is 0 Å². The number of fused-ring (bicyclic) bond motifs is 1. The number of hydrogen-bond donors (Lipinski definition) is 1. The monoisotopic (exact) mass is 243 g/mol. The summed E-state index contributed by atoms with van der Waals surface area (Å²) in [6, 6.07) is 15.8. The Morgan fingerprint density at radius 3 is 2.71 bits per heavy atom. The van der Waals surface area contributed by atoms with E-state index in [1.165, 1.54) is 28.6 Å². The molecule has 1 aliphatic rings. The van der Waals surface area contributed by atoms with Gasteiger partial charge in [0.05, 0.1) is 0 Å². The smallest absolute Gasteiger partial charge is 0.0385 e. The minimum atomic E-state index is 0.626. The normalized spacial score (nSPS) is 24.1. The molecular weight excluding hydrogens is 226 g/mol. The van der Waals surface area contributed by atoms with Crippen LogP contribution in [0.25, 0.3) is 10.8 Å². The maximum atomic E-state index is 3.66. The van der Waals surface area contributed by atoms with Crippen molar-refractivity contribution < 1.29 is 0 Å². The van der Waals surface area contributed by atoms with Crippen LogP contribution in [0.2, 0.25) is 0 Å². The van der Waals surface area contributed by atoms with Crippen molar-refractivity contribution >= 4 is 28.2 Å². The van der Waals surface area contributed by atoms with E-state index in [0.29, 0.717) is 6.04 Å². The first-order chi connectivity index (χ1) is 8.33. The Bertz CT molecular complexity index is 523. The van der Waals surface area contributed by atoms with Gasteiger partial charge in [0.15, 0.2) is 0 Å². The molecule has 0 aliphatic carbocycles. The Kier molecular flexibility index (Phi) is 2.98. The summed E-state index contributed by atoms with van der Waals surface area (Å²) in [4.78, 5) is 0. The second-order valence-electron chi connectivity index (χ2n) is 4.68. The van der Waals surface area contributed by atoms with E-state index in [-0.39, 0.29) is 0 Å². The first kappa shape index (κ1) is 11.0. The Morgan fingerprint density at radius 1 is 1.12 bits per heavy atom. The standard InChI is InChI=1S/C15H17NS/c1-11-15(8-9-17-11)16-14-7-6-12-4-2-3-5-13(12)10-14/h2-7,10-11,15-16H,8-9H2,1H3. The highest BCUT2D eigenvalue weighted by Crippen LogP contribution is 2.29. The van der Waals surface area contributed by atoms with Crippen molar-refractivity contribution in [3.63, 3.8) is 0 Å². The van der Waals surface area contributed by atoms with E-state index in [9.17, 15) is 0 Å². The molecule has 17 heavy (non-hydrogen) atoms. The molecule has 0 aromatic heterocycles. The third kappa shape index (κ3) is 2.27. The van der Waals surface area contributed by atoms with Crippen LogP contribution in [0.1, 0.15) is 13.3 Å². The second kappa shape index (κ2) is 4.61. The number of thioether (sulfide) groups is 1. The molecule has 2 heteroatoms. The van der Waals surface area contributed by atoms with Gasteiger partial charge in [-0.05, 0) is 35.1 Å². The number of anilines is 1. The predicted molar refractivity (Wildman–Crippen MR) is 77.9 cm³/mol. The van der Waals surface area contributed by atoms with Crippen molar-refractivity contribution in [1.82, 2.24) is 0 Å². The number of benzene rings is 2. The van der Waals surface area contributed by atoms with Gasteiger partial charge in [0.2, 0.25) is 0 Å². The van der Waals surface area contributed by atoms with Crippen molar-refractivity contribution in [2.45, 2.75) is 24.6 Å². The summed E-state index contributed by atoms with van der Waals surface area (Å²) in [5, 5.41) is 7.01. The van der Waals surface area contributed by atoms with Crippen LogP contribution < -0.4 is 5.32 Å². The molecule has 0 amide bonds. The molecular formula is C15H17NS. The molecule has 1 aliphatic heterocycles. The third-order valence-electron chi connectivity index (χ3n) is 3.48. The average molecular weight is 243 g/mol. The largest absolute Gasteiger partial charge is 0.381 e. The highest BCUT2D eigenvalue weighted by atomic mass is 32.2. The van der Waals surface area contributed by atoms with Gasteiger partial charge < -0.3 is 5.32 Å². The summed E-state index contributed by atoms with van der Waals surface area (Å²) >= 11 is 2.07. The first-order valence-electron chi connectivity index (χ1n) is 6.20. The van der Waals surface area contributed by atoms with Crippen molar-refractivity contribution in [3.8, 4) is 0 Å². The Morgan fingerprint density at radius 2 is 1.94 bits per heavy atom. The first-order valence-corrected chi connectivity index (χ1v) is 7.25. The van der Waals surface area contributed by atoms with Gasteiger partial charge in [0.25, 0.3) is 0 Å². The van der Waals surface area contributed by atoms with Crippen molar-refractivity contribution in [2.75, 3.05) is 11.1 Å². The van der Waals surface area contributed by atoms with E-state index in [1.54, 1.807) is 0 Å². The molecule has 1 N–H and O–H groups in total. The Labute approximate surface area is 107 Å². The number of rotatable bonds is 2. The minimum absolute atomic E-state index is 0.626. The Hall–Kier alpha value is -1.15. The molecule has 2 aromatic carbocycles.